The van der Waals surface area contributed by atoms with Gasteiger partial charge in [0.15, 0.2) is 5.13 Å². The lowest BCUT2D eigenvalue weighted by molar-refractivity contribution is -0.115. The lowest BCUT2D eigenvalue weighted by atomic mass is 10.2. The summed E-state index contributed by atoms with van der Waals surface area (Å²) in [5, 5.41) is 8.89. The molecule has 3 aromatic rings. The van der Waals surface area contributed by atoms with Crippen molar-refractivity contribution in [2.24, 2.45) is 0 Å². The van der Waals surface area contributed by atoms with Crippen molar-refractivity contribution in [1.82, 2.24) is 4.98 Å². The fraction of sp³-hybridized carbons (Fsp3) is 0.111. The van der Waals surface area contributed by atoms with E-state index >= 15 is 0 Å². The third-order valence-corrected chi connectivity index (χ3v) is 4.09. The van der Waals surface area contributed by atoms with Gasteiger partial charge in [-0.3, -0.25) is 4.79 Å². The molecule has 0 aliphatic heterocycles. The molecule has 23 heavy (non-hydrogen) atoms. The van der Waals surface area contributed by atoms with Gasteiger partial charge in [0.25, 0.3) is 0 Å². The van der Waals surface area contributed by atoms with Crippen molar-refractivity contribution in [2.45, 2.75) is 13.0 Å². The summed E-state index contributed by atoms with van der Waals surface area (Å²) in [7, 11) is 0. The van der Waals surface area contributed by atoms with Crippen molar-refractivity contribution in [3.8, 4) is 0 Å². The summed E-state index contributed by atoms with van der Waals surface area (Å²) in [5.41, 5.74) is 2.78. The molecule has 2 aromatic carbocycles. The van der Waals surface area contributed by atoms with Crippen molar-refractivity contribution in [1.29, 1.82) is 0 Å². The molecule has 0 aliphatic carbocycles. The normalized spacial score (nSPS) is 10.3. The van der Waals surface area contributed by atoms with Crippen LogP contribution in [0.25, 0.3) is 0 Å². The van der Waals surface area contributed by atoms with Crippen molar-refractivity contribution in [3.63, 3.8) is 0 Å². The molecule has 0 spiro atoms. The van der Waals surface area contributed by atoms with E-state index in [2.05, 4.69) is 27.8 Å². The summed E-state index contributed by atoms with van der Waals surface area (Å²) < 4.78 is 0. The van der Waals surface area contributed by atoms with Crippen LogP contribution in [-0.2, 0) is 17.8 Å². The highest BCUT2D eigenvalue weighted by atomic mass is 32.1. The number of nitrogens with one attached hydrogen (secondary N) is 2. The topological polar surface area (TPSA) is 54.0 Å². The Kier molecular flexibility index (Phi) is 5.01. The molecule has 0 atom stereocenters. The molecule has 1 amide bonds. The van der Waals surface area contributed by atoms with E-state index in [1.807, 2.05) is 53.9 Å². The molecule has 0 fully saturated rings. The predicted molar refractivity (Wildman–Crippen MR) is 94.7 cm³/mol. The second-order valence-electron chi connectivity index (χ2n) is 5.07. The predicted octanol–water partition coefficient (Wildman–Crippen LogP) is 3.94. The van der Waals surface area contributed by atoms with E-state index < -0.39 is 0 Å². The van der Waals surface area contributed by atoms with Crippen LogP contribution >= 0.6 is 11.3 Å². The molecule has 0 bridgehead atoms. The summed E-state index contributed by atoms with van der Waals surface area (Å²) in [6.07, 6.45) is 0.276. The fourth-order valence-electron chi connectivity index (χ4n) is 2.13. The minimum absolute atomic E-state index is 0.0592. The summed E-state index contributed by atoms with van der Waals surface area (Å²) in [6, 6.07) is 19.6. The van der Waals surface area contributed by atoms with Crippen molar-refractivity contribution in [2.75, 3.05) is 10.6 Å². The Morgan fingerprint density at radius 3 is 2.43 bits per heavy atom. The van der Waals surface area contributed by atoms with Gasteiger partial charge in [-0.25, -0.2) is 4.98 Å². The maximum absolute atomic E-state index is 12.0. The average Bonchev–Trinajstić information content (AvgIpc) is 3.02. The summed E-state index contributed by atoms with van der Waals surface area (Å²) in [5.74, 6) is -0.0592. The molecule has 2 N–H and O–H groups in total. The van der Waals surface area contributed by atoms with Gasteiger partial charge < -0.3 is 10.6 Å². The highest BCUT2D eigenvalue weighted by molar-refractivity contribution is 7.13. The van der Waals surface area contributed by atoms with E-state index in [0.717, 1.165) is 23.1 Å². The average molecular weight is 323 g/mol. The number of nitrogens with zero attached hydrogens (tertiary/aromatic N) is 1. The first kappa shape index (κ1) is 15.2. The quantitative estimate of drug-likeness (QED) is 0.722. The van der Waals surface area contributed by atoms with Gasteiger partial charge in [0, 0.05) is 17.6 Å². The molecule has 0 aliphatic rings. The van der Waals surface area contributed by atoms with E-state index in [1.165, 1.54) is 16.9 Å². The molecule has 4 nitrogen and oxygen atoms in total. The number of aromatic nitrogens is 1. The number of hydrogen-bond donors (Lipinski definition) is 2. The number of anilines is 2. The zero-order valence-electron chi connectivity index (χ0n) is 12.5. The van der Waals surface area contributed by atoms with Crippen LogP contribution in [0, 0.1) is 0 Å². The zero-order valence-corrected chi connectivity index (χ0v) is 13.3. The molecule has 3 rings (SSSR count). The number of rotatable bonds is 6. The highest BCUT2D eigenvalue weighted by Gasteiger charge is 2.08. The molecule has 1 heterocycles. The highest BCUT2D eigenvalue weighted by Crippen LogP contribution is 2.17. The molecular weight excluding hydrogens is 306 g/mol. The maximum atomic E-state index is 12.0. The molecule has 1 aromatic heterocycles. The second-order valence-corrected chi connectivity index (χ2v) is 5.93. The molecule has 0 radical (unpaired) electrons. The number of carbonyl (C=O) groups excluding carboxylic acids is 1. The monoisotopic (exact) mass is 323 g/mol. The van der Waals surface area contributed by atoms with Crippen molar-refractivity contribution >= 4 is 28.1 Å². The number of carbonyl (C=O) groups is 1. The molecular formula is C18H17N3OS. The number of thiazole rings is 1. The Hall–Kier alpha value is -2.66. The Balaban J connectivity index is 1.52. The minimum Gasteiger partial charge on any atom is -0.357 e. The van der Waals surface area contributed by atoms with Crippen LogP contribution in [-0.4, -0.2) is 10.9 Å². The summed E-state index contributed by atoms with van der Waals surface area (Å²) >= 11 is 1.51. The van der Waals surface area contributed by atoms with E-state index in [-0.39, 0.29) is 12.3 Å². The molecule has 0 unspecified atom stereocenters. The lowest BCUT2D eigenvalue weighted by Gasteiger charge is -2.03. The van der Waals surface area contributed by atoms with Crippen molar-refractivity contribution in [3.05, 3.63) is 77.3 Å². The Bertz CT molecular complexity index is 756. The first-order valence-electron chi connectivity index (χ1n) is 7.37. The minimum atomic E-state index is -0.0592. The largest absolute Gasteiger partial charge is 0.357 e. The van der Waals surface area contributed by atoms with Crippen LogP contribution in [0.4, 0.5) is 10.8 Å². The fourth-order valence-corrected chi connectivity index (χ4v) is 2.84. The van der Waals surface area contributed by atoms with Crippen LogP contribution in [0.3, 0.4) is 0 Å². The van der Waals surface area contributed by atoms with Crippen LogP contribution in [0.2, 0.25) is 0 Å². The number of hydrogen-bond acceptors (Lipinski definition) is 4. The Morgan fingerprint density at radius 1 is 1.00 bits per heavy atom. The van der Waals surface area contributed by atoms with Crippen LogP contribution in [0.1, 0.15) is 11.3 Å². The Labute approximate surface area is 139 Å². The van der Waals surface area contributed by atoms with E-state index in [1.54, 1.807) is 0 Å². The number of para-hydroxylation sites is 1. The van der Waals surface area contributed by atoms with Gasteiger partial charge >= 0.3 is 0 Å². The third-order valence-electron chi connectivity index (χ3n) is 3.24. The zero-order chi connectivity index (χ0) is 15.9. The first-order chi connectivity index (χ1) is 11.3. The van der Waals surface area contributed by atoms with Gasteiger partial charge in [-0.05, 0) is 17.7 Å². The molecule has 5 heteroatoms. The summed E-state index contributed by atoms with van der Waals surface area (Å²) in [4.78, 5) is 16.5. The molecule has 0 saturated heterocycles. The first-order valence-corrected chi connectivity index (χ1v) is 8.25. The Morgan fingerprint density at radius 2 is 1.70 bits per heavy atom. The standard InChI is InChI=1S/C18H17N3OS/c22-17(20-15-9-5-2-6-10-15)11-16-13-23-18(21-16)19-12-14-7-3-1-4-8-14/h1-10,13H,11-12H2,(H,19,21)(H,20,22). The van der Waals surface area contributed by atoms with E-state index in [9.17, 15) is 4.79 Å². The van der Waals surface area contributed by atoms with Gasteiger partial charge in [0.05, 0.1) is 12.1 Å². The van der Waals surface area contributed by atoms with Crippen LogP contribution in [0.15, 0.2) is 66.0 Å². The van der Waals surface area contributed by atoms with Crippen molar-refractivity contribution < 1.29 is 4.79 Å². The third kappa shape index (κ3) is 4.66. The SMILES string of the molecule is O=C(Cc1csc(NCc2ccccc2)n1)Nc1ccccc1. The molecule has 116 valence electrons. The van der Waals surface area contributed by atoms with E-state index in [4.69, 9.17) is 0 Å². The van der Waals surface area contributed by atoms with Gasteiger partial charge in [0.2, 0.25) is 5.91 Å². The van der Waals surface area contributed by atoms with Crippen LogP contribution in [0.5, 0.6) is 0 Å². The van der Waals surface area contributed by atoms with Crippen LogP contribution < -0.4 is 10.6 Å². The second kappa shape index (κ2) is 7.56. The maximum Gasteiger partial charge on any atom is 0.230 e. The van der Waals surface area contributed by atoms with Gasteiger partial charge in [0.1, 0.15) is 0 Å². The van der Waals surface area contributed by atoms with E-state index in [0.29, 0.717) is 0 Å². The lowest BCUT2D eigenvalue weighted by Crippen LogP contribution is -2.14. The smallest absolute Gasteiger partial charge is 0.230 e. The summed E-state index contributed by atoms with van der Waals surface area (Å²) in [6.45, 7) is 0.726. The van der Waals surface area contributed by atoms with Gasteiger partial charge in [-0.1, -0.05) is 48.5 Å². The van der Waals surface area contributed by atoms with Gasteiger partial charge in [-0.15, -0.1) is 11.3 Å². The number of amides is 1. The van der Waals surface area contributed by atoms with Gasteiger partial charge in [-0.2, -0.15) is 0 Å². The number of benzene rings is 2. The molecule has 0 saturated carbocycles.